The van der Waals surface area contributed by atoms with Crippen LogP contribution in [0.15, 0.2) is 24.4 Å². The average Bonchev–Trinajstić information content (AvgIpc) is 2.99. The van der Waals surface area contributed by atoms with E-state index in [1.807, 2.05) is 0 Å². The smallest absolute Gasteiger partial charge is 0.339 e. The Balaban J connectivity index is 1.63. The molecule has 1 saturated heterocycles. The Morgan fingerprint density at radius 2 is 2.11 bits per heavy atom. The molecular formula is C19H16ClF2N3O3. The fourth-order valence-corrected chi connectivity index (χ4v) is 4.24. The number of carbonyl (C=O) groups excluding carboxylic acids is 2. The highest BCUT2D eigenvalue weighted by molar-refractivity contribution is 6.33. The highest BCUT2D eigenvalue weighted by Crippen LogP contribution is 2.44. The van der Waals surface area contributed by atoms with E-state index in [9.17, 15) is 18.4 Å². The lowest BCUT2D eigenvalue weighted by Crippen LogP contribution is -2.44. The van der Waals surface area contributed by atoms with E-state index < -0.39 is 23.8 Å². The van der Waals surface area contributed by atoms with E-state index in [-0.39, 0.29) is 28.4 Å². The van der Waals surface area contributed by atoms with Gasteiger partial charge in [-0.1, -0.05) is 11.6 Å². The van der Waals surface area contributed by atoms with E-state index in [4.69, 9.17) is 11.6 Å². The van der Waals surface area contributed by atoms with Crippen LogP contribution in [0.3, 0.4) is 0 Å². The van der Waals surface area contributed by atoms with Crippen LogP contribution in [0.25, 0.3) is 0 Å². The van der Waals surface area contributed by atoms with Crippen LogP contribution in [-0.4, -0.2) is 35.0 Å². The van der Waals surface area contributed by atoms with E-state index >= 15 is 0 Å². The summed E-state index contributed by atoms with van der Waals surface area (Å²) in [4.78, 5) is 30.0. The summed E-state index contributed by atoms with van der Waals surface area (Å²) in [7, 11) is 1.18. The molecule has 2 bridgehead atoms. The third-order valence-corrected chi connectivity index (χ3v) is 5.59. The highest BCUT2D eigenvalue weighted by Gasteiger charge is 2.43. The zero-order valence-electron chi connectivity index (χ0n) is 14.8. The summed E-state index contributed by atoms with van der Waals surface area (Å²) >= 11 is 5.88. The third-order valence-electron chi connectivity index (χ3n) is 5.28. The van der Waals surface area contributed by atoms with Crippen LogP contribution in [0, 0.1) is 11.8 Å². The molecule has 2 aliphatic heterocycles. The first kappa shape index (κ1) is 18.6. The summed E-state index contributed by atoms with van der Waals surface area (Å²) in [5.41, 5.74) is 1.02. The van der Waals surface area contributed by atoms with Crippen LogP contribution in [0.2, 0.25) is 5.02 Å². The molecule has 0 aliphatic carbocycles. The topological polar surface area (TPSA) is 71.5 Å². The number of hydrogen-bond donors (Lipinski definition) is 1. The first-order chi connectivity index (χ1) is 13.4. The fraction of sp³-hybridized carbons (Fsp3) is 0.316. The predicted octanol–water partition coefficient (Wildman–Crippen LogP) is 4.09. The Morgan fingerprint density at radius 3 is 2.86 bits per heavy atom. The van der Waals surface area contributed by atoms with E-state index in [0.29, 0.717) is 24.8 Å². The van der Waals surface area contributed by atoms with Crippen LogP contribution in [0.4, 0.5) is 19.3 Å². The number of methoxy groups -OCH3 is 1. The van der Waals surface area contributed by atoms with Crippen molar-refractivity contribution in [2.75, 3.05) is 12.4 Å². The lowest BCUT2D eigenvalue weighted by atomic mass is 9.95. The number of carbonyl (C=O) groups is 2. The zero-order chi connectivity index (χ0) is 20.0. The quantitative estimate of drug-likeness (QED) is 0.601. The molecule has 1 fully saturated rings. The maximum Gasteiger partial charge on any atom is 0.339 e. The van der Waals surface area contributed by atoms with E-state index in [0.717, 1.165) is 17.7 Å². The van der Waals surface area contributed by atoms with Gasteiger partial charge in [0.1, 0.15) is 5.82 Å². The van der Waals surface area contributed by atoms with Gasteiger partial charge in [0.05, 0.1) is 29.4 Å². The molecule has 0 saturated carbocycles. The predicted molar refractivity (Wildman–Crippen MR) is 97.3 cm³/mol. The number of benzene rings is 1. The number of ether oxygens (including phenoxy) is 1. The SMILES string of the molecule is COC(=O)c1cc(NC(=O)N2[C@H]3CC[C@@H]2c2ccnc(F)c2C3)c(F)cc1Cl. The van der Waals surface area contributed by atoms with Gasteiger partial charge in [0.25, 0.3) is 0 Å². The van der Waals surface area contributed by atoms with Crippen molar-refractivity contribution in [1.29, 1.82) is 0 Å². The van der Waals surface area contributed by atoms with Crippen LogP contribution in [0.1, 0.15) is 40.4 Å². The Kier molecular flexibility index (Phi) is 4.66. The maximum atomic E-state index is 14.3. The summed E-state index contributed by atoms with van der Waals surface area (Å²) in [6.07, 6.45) is 3.13. The second-order valence-corrected chi connectivity index (χ2v) is 7.17. The number of esters is 1. The summed E-state index contributed by atoms with van der Waals surface area (Å²) in [5.74, 6) is -2.03. The number of fused-ring (bicyclic) bond motifs is 4. The van der Waals surface area contributed by atoms with Crippen molar-refractivity contribution in [2.24, 2.45) is 0 Å². The molecule has 2 amide bonds. The van der Waals surface area contributed by atoms with Gasteiger partial charge in [-0.15, -0.1) is 0 Å². The molecule has 1 N–H and O–H groups in total. The van der Waals surface area contributed by atoms with Gasteiger partial charge in [-0.2, -0.15) is 4.39 Å². The number of urea groups is 1. The second kappa shape index (κ2) is 7.01. The molecule has 2 atom stereocenters. The van der Waals surface area contributed by atoms with Crippen molar-refractivity contribution in [2.45, 2.75) is 31.3 Å². The summed E-state index contributed by atoms with van der Waals surface area (Å²) in [6.45, 7) is 0. The largest absolute Gasteiger partial charge is 0.465 e. The van der Waals surface area contributed by atoms with Crippen LogP contribution < -0.4 is 5.32 Å². The van der Waals surface area contributed by atoms with E-state index in [1.165, 1.54) is 13.3 Å². The molecule has 0 spiro atoms. The zero-order valence-corrected chi connectivity index (χ0v) is 15.6. The van der Waals surface area contributed by atoms with Crippen molar-refractivity contribution in [3.8, 4) is 0 Å². The molecule has 2 aliphatic rings. The minimum Gasteiger partial charge on any atom is -0.465 e. The molecule has 0 radical (unpaired) electrons. The van der Waals surface area contributed by atoms with Gasteiger partial charge in [0, 0.05) is 17.8 Å². The number of aromatic nitrogens is 1. The Bertz CT molecular complexity index is 985. The standard InChI is InChI=1S/C19H16ClF2N3O3/c1-28-18(26)12-7-15(14(21)8-13(12)20)24-19(27)25-9-2-3-16(25)10-4-5-23-17(22)11(10)6-9/h4-5,7-9,16H,2-3,6H2,1H3,(H,24,27)/t9-,16+/m0/s1. The van der Waals surface area contributed by atoms with Crippen molar-refractivity contribution in [3.63, 3.8) is 0 Å². The Labute approximate surface area is 164 Å². The molecular weight excluding hydrogens is 392 g/mol. The van der Waals surface area contributed by atoms with Crippen molar-refractivity contribution >= 4 is 29.3 Å². The van der Waals surface area contributed by atoms with Crippen LogP contribution in [-0.2, 0) is 11.2 Å². The molecule has 0 unspecified atom stereocenters. The molecule has 1 aromatic carbocycles. The number of anilines is 1. The van der Waals surface area contributed by atoms with Gasteiger partial charge in [-0.25, -0.2) is 19.0 Å². The van der Waals surface area contributed by atoms with E-state index in [1.54, 1.807) is 11.0 Å². The van der Waals surface area contributed by atoms with Gasteiger partial charge in [0.15, 0.2) is 0 Å². The third kappa shape index (κ3) is 2.97. The molecule has 9 heteroatoms. The Hall–Kier alpha value is -2.74. The average molecular weight is 408 g/mol. The monoisotopic (exact) mass is 407 g/mol. The van der Waals surface area contributed by atoms with Gasteiger partial charge in [-0.3, -0.25) is 0 Å². The number of halogens is 3. The van der Waals surface area contributed by atoms with Gasteiger partial charge in [0.2, 0.25) is 5.95 Å². The van der Waals surface area contributed by atoms with Crippen molar-refractivity contribution in [1.82, 2.24) is 9.88 Å². The Morgan fingerprint density at radius 1 is 1.32 bits per heavy atom. The molecule has 3 heterocycles. The fourth-order valence-electron chi connectivity index (χ4n) is 4.02. The maximum absolute atomic E-state index is 14.3. The highest BCUT2D eigenvalue weighted by atomic mass is 35.5. The number of pyridine rings is 1. The van der Waals surface area contributed by atoms with Crippen LogP contribution >= 0.6 is 11.6 Å². The number of nitrogens with zero attached hydrogens (tertiary/aromatic N) is 2. The summed E-state index contributed by atoms with van der Waals surface area (Å²) in [6, 6.07) is 2.78. The van der Waals surface area contributed by atoms with Crippen LogP contribution in [0.5, 0.6) is 0 Å². The lowest BCUT2D eigenvalue weighted by Gasteiger charge is -2.36. The second-order valence-electron chi connectivity index (χ2n) is 6.76. The molecule has 6 nitrogen and oxygen atoms in total. The minimum absolute atomic E-state index is 0.0547. The van der Waals surface area contributed by atoms with Crippen molar-refractivity contribution < 1.29 is 23.1 Å². The summed E-state index contributed by atoms with van der Waals surface area (Å²) < 4.78 is 32.9. The molecule has 28 heavy (non-hydrogen) atoms. The number of rotatable bonds is 2. The van der Waals surface area contributed by atoms with E-state index in [2.05, 4.69) is 15.0 Å². The first-order valence-electron chi connectivity index (χ1n) is 8.70. The molecule has 4 rings (SSSR count). The summed E-state index contributed by atoms with van der Waals surface area (Å²) in [5, 5.41) is 2.40. The van der Waals surface area contributed by atoms with Gasteiger partial charge >= 0.3 is 12.0 Å². The lowest BCUT2D eigenvalue weighted by molar-refractivity contribution is 0.0601. The molecule has 2 aromatic rings. The molecule has 1 aromatic heterocycles. The van der Waals surface area contributed by atoms with Gasteiger partial charge < -0.3 is 15.0 Å². The number of amides is 2. The number of hydrogen-bond acceptors (Lipinski definition) is 4. The van der Waals surface area contributed by atoms with Crippen molar-refractivity contribution in [3.05, 3.63) is 57.9 Å². The first-order valence-corrected chi connectivity index (χ1v) is 9.08. The minimum atomic E-state index is -0.772. The normalized spacial score (nSPS) is 19.9. The number of nitrogens with one attached hydrogen (secondary N) is 1. The molecule has 146 valence electrons. The van der Waals surface area contributed by atoms with Gasteiger partial charge in [-0.05, 0) is 43.0 Å².